The Bertz CT molecular complexity index is 187. The van der Waals surface area contributed by atoms with Crippen LogP contribution in [0.15, 0.2) is 0 Å². The van der Waals surface area contributed by atoms with Crippen LogP contribution in [0.4, 0.5) is 0 Å². The van der Waals surface area contributed by atoms with Gasteiger partial charge in [-0.2, -0.15) is 0 Å². The molecule has 2 rings (SSSR count). The predicted molar refractivity (Wildman–Crippen MR) is 35.5 cm³/mol. The highest BCUT2D eigenvalue weighted by atomic mass is 31.2. The summed E-state index contributed by atoms with van der Waals surface area (Å²) in [5.41, 5.74) is 0. The van der Waals surface area contributed by atoms with Crippen molar-refractivity contribution in [3.05, 3.63) is 0 Å². The Balaban J connectivity index is 2.12. The van der Waals surface area contributed by atoms with Gasteiger partial charge in [0.2, 0.25) is 6.10 Å². The van der Waals surface area contributed by atoms with Crippen molar-refractivity contribution in [2.75, 3.05) is 13.2 Å². The molecule has 0 saturated carbocycles. The minimum atomic E-state index is -2.66. The lowest BCUT2D eigenvalue weighted by molar-refractivity contribution is -0.135. The van der Waals surface area contributed by atoms with Crippen molar-refractivity contribution in [3.8, 4) is 0 Å². The van der Waals surface area contributed by atoms with Crippen molar-refractivity contribution >= 4 is 14.1 Å². The summed E-state index contributed by atoms with van der Waals surface area (Å²) in [6.45, 7) is 2.49. The summed E-state index contributed by atoms with van der Waals surface area (Å²) in [6.07, 6.45) is -0.554. The normalized spacial score (nSPS) is 34.6. The molecule has 0 aromatic carbocycles. The van der Waals surface area contributed by atoms with E-state index < -0.39 is 20.2 Å². The number of hydrogen-bond acceptors (Lipinski definition) is 5. The highest BCUT2D eigenvalue weighted by molar-refractivity contribution is 7.57. The zero-order valence-corrected chi connectivity index (χ0v) is 6.87. The first kappa shape index (κ1) is 7.43. The Morgan fingerprint density at radius 3 is 2.55 bits per heavy atom. The summed E-state index contributed by atoms with van der Waals surface area (Å²) in [5.74, 6) is -0.403. The summed E-state index contributed by atoms with van der Waals surface area (Å²) in [6, 6.07) is 0. The van der Waals surface area contributed by atoms with E-state index in [2.05, 4.69) is 0 Å². The Hall–Kier alpha value is -0.220. The standard InChI is InChI=1S/C5H8O5P/c1-4-5(6)10-11(9-4)7-2-3-8-11/h4H,2-3H2,1H3/q+1. The van der Waals surface area contributed by atoms with Crippen LogP contribution >= 0.6 is 8.17 Å². The molecule has 5 nitrogen and oxygen atoms in total. The van der Waals surface area contributed by atoms with E-state index >= 15 is 0 Å². The van der Waals surface area contributed by atoms with Crippen LogP contribution in [0.3, 0.4) is 0 Å². The summed E-state index contributed by atoms with van der Waals surface area (Å²) in [5, 5.41) is 0. The van der Waals surface area contributed by atoms with Crippen LogP contribution in [-0.4, -0.2) is 25.3 Å². The lowest BCUT2D eigenvalue weighted by atomic mass is 10.4. The third kappa shape index (κ3) is 1.14. The molecule has 2 fully saturated rings. The van der Waals surface area contributed by atoms with E-state index in [-0.39, 0.29) is 0 Å². The van der Waals surface area contributed by atoms with Gasteiger partial charge in [-0.3, -0.25) is 0 Å². The Morgan fingerprint density at radius 1 is 1.45 bits per heavy atom. The molecule has 6 heteroatoms. The second kappa shape index (κ2) is 2.38. The summed E-state index contributed by atoms with van der Waals surface area (Å²) in [4.78, 5) is 10.9. The minimum absolute atomic E-state index is 0.403. The molecule has 0 aromatic rings. The zero-order valence-electron chi connectivity index (χ0n) is 5.98. The van der Waals surface area contributed by atoms with Crippen LogP contribution in [0.25, 0.3) is 0 Å². The molecule has 1 atom stereocenters. The van der Waals surface area contributed by atoms with E-state index in [4.69, 9.17) is 18.1 Å². The van der Waals surface area contributed by atoms with E-state index in [1.807, 2.05) is 0 Å². The van der Waals surface area contributed by atoms with Gasteiger partial charge in [-0.1, -0.05) is 0 Å². The van der Waals surface area contributed by atoms with Gasteiger partial charge < -0.3 is 0 Å². The van der Waals surface area contributed by atoms with Gasteiger partial charge in [0.1, 0.15) is 13.2 Å². The average molecular weight is 179 g/mol. The van der Waals surface area contributed by atoms with Crippen molar-refractivity contribution in [1.82, 2.24) is 0 Å². The highest BCUT2D eigenvalue weighted by Gasteiger charge is 2.64. The fourth-order valence-corrected chi connectivity index (χ4v) is 2.67. The largest absolute Gasteiger partial charge is 0.625 e. The van der Waals surface area contributed by atoms with E-state index in [0.29, 0.717) is 13.2 Å². The minimum Gasteiger partial charge on any atom is -0.244 e. The van der Waals surface area contributed by atoms with Crippen LogP contribution in [0.5, 0.6) is 0 Å². The van der Waals surface area contributed by atoms with Crippen molar-refractivity contribution in [2.45, 2.75) is 13.0 Å². The molecule has 2 saturated heterocycles. The fraction of sp³-hybridized carbons (Fsp3) is 0.800. The molecular formula is C5H8O5P+. The quantitative estimate of drug-likeness (QED) is 0.511. The second-order valence-corrected chi connectivity index (χ2v) is 4.08. The molecule has 0 aromatic heterocycles. The maximum Gasteiger partial charge on any atom is 0.625 e. The molecule has 0 bridgehead atoms. The lowest BCUT2D eigenvalue weighted by Crippen LogP contribution is -2.09. The molecule has 2 heterocycles. The molecule has 1 spiro atoms. The molecule has 62 valence electrons. The maximum atomic E-state index is 10.9. The van der Waals surface area contributed by atoms with Gasteiger partial charge in [0.05, 0.1) is 0 Å². The summed E-state index contributed by atoms with van der Waals surface area (Å²) < 4.78 is 20.1. The average Bonchev–Trinajstić information content (AvgIpc) is 2.46. The molecule has 1 unspecified atom stereocenters. The predicted octanol–water partition coefficient (Wildman–Crippen LogP) is 0.673. The smallest absolute Gasteiger partial charge is 0.244 e. The third-order valence-electron chi connectivity index (χ3n) is 1.40. The Labute approximate surface area is 64.2 Å². The van der Waals surface area contributed by atoms with Gasteiger partial charge in [-0.25, -0.2) is 9.32 Å². The summed E-state index contributed by atoms with van der Waals surface area (Å²) >= 11 is 0. The van der Waals surface area contributed by atoms with Crippen molar-refractivity contribution in [2.24, 2.45) is 0 Å². The van der Waals surface area contributed by atoms with Gasteiger partial charge in [0, 0.05) is 0 Å². The van der Waals surface area contributed by atoms with Crippen LogP contribution < -0.4 is 0 Å². The van der Waals surface area contributed by atoms with Crippen LogP contribution in [0, 0.1) is 0 Å². The van der Waals surface area contributed by atoms with E-state index in [0.717, 1.165) is 0 Å². The topological polar surface area (TPSA) is 54.0 Å². The fourth-order valence-electron chi connectivity index (χ4n) is 0.892. The molecule has 0 amide bonds. The SMILES string of the molecule is CC1O[P+]2(OCCO2)OC1=O. The van der Waals surface area contributed by atoms with Crippen molar-refractivity contribution < 1.29 is 22.9 Å². The van der Waals surface area contributed by atoms with Gasteiger partial charge in [-0.15, -0.1) is 13.6 Å². The van der Waals surface area contributed by atoms with Gasteiger partial charge >= 0.3 is 14.1 Å². The third-order valence-corrected chi connectivity index (χ3v) is 3.38. The van der Waals surface area contributed by atoms with Crippen LogP contribution in [0.2, 0.25) is 0 Å². The second-order valence-electron chi connectivity index (χ2n) is 2.27. The first-order valence-electron chi connectivity index (χ1n) is 3.32. The monoisotopic (exact) mass is 179 g/mol. The molecular weight excluding hydrogens is 171 g/mol. The van der Waals surface area contributed by atoms with Gasteiger partial charge in [0.25, 0.3) is 0 Å². The first-order chi connectivity index (χ1) is 5.22. The Morgan fingerprint density at radius 2 is 2.09 bits per heavy atom. The number of carbonyl (C=O) groups excluding carboxylic acids is 1. The van der Waals surface area contributed by atoms with E-state index in [1.54, 1.807) is 6.92 Å². The maximum absolute atomic E-state index is 10.9. The number of rotatable bonds is 0. The molecule has 0 N–H and O–H groups in total. The molecule has 11 heavy (non-hydrogen) atoms. The number of carbonyl (C=O) groups is 1. The van der Waals surface area contributed by atoms with E-state index in [1.165, 1.54) is 0 Å². The van der Waals surface area contributed by atoms with Crippen molar-refractivity contribution in [1.29, 1.82) is 0 Å². The lowest BCUT2D eigenvalue weighted by Gasteiger charge is -2.01. The molecule has 0 radical (unpaired) electrons. The molecule has 2 aliphatic heterocycles. The van der Waals surface area contributed by atoms with Crippen molar-refractivity contribution in [3.63, 3.8) is 0 Å². The first-order valence-corrected chi connectivity index (χ1v) is 4.78. The molecule has 0 aliphatic carbocycles. The van der Waals surface area contributed by atoms with Gasteiger partial charge in [-0.05, 0) is 6.92 Å². The van der Waals surface area contributed by atoms with Gasteiger partial charge in [0.15, 0.2) is 0 Å². The highest BCUT2D eigenvalue weighted by Crippen LogP contribution is 2.69. The summed E-state index contributed by atoms with van der Waals surface area (Å²) in [7, 11) is -2.66. The van der Waals surface area contributed by atoms with Crippen LogP contribution in [-0.2, 0) is 22.9 Å². The number of hydrogen-bond donors (Lipinski definition) is 0. The van der Waals surface area contributed by atoms with Crippen LogP contribution in [0.1, 0.15) is 6.92 Å². The zero-order chi connectivity index (χ0) is 7.90. The Kier molecular flexibility index (Phi) is 1.61. The molecule has 2 aliphatic rings. The van der Waals surface area contributed by atoms with E-state index in [9.17, 15) is 4.79 Å².